The molecule has 3 unspecified atom stereocenters. The maximum absolute atomic E-state index is 12.6. The van der Waals surface area contributed by atoms with Crippen LogP contribution in [0.25, 0.3) is 0 Å². The number of carbonyl (C=O) groups excluding carboxylic acids is 2. The molecule has 0 spiro atoms. The molecule has 7 rings (SSSR count). The summed E-state index contributed by atoms with van der Waals surface area (Å²) in [5, 5.41) is 12.9. The van der Waals surface area contributed by atoms with Gasteiger partial charge in [0.1, 0.15) is 11.4 Å². The molecule has 3 heterocycles. The van der Waals surface area contributed by atoms with E-state index in [2.05, 4.69) is 36.3 Å². The Morgan fingerprint density at radius 1 is 1.22 bits per heavy atom. The molecule has 1 N–H and O–H groups in total. The lowest BCUT2D eigenvalue weighted by molar-refractivity contribution is -0.199. The third-order valence-corrected chi connectivity index (χ3v) is 12.5. The van der Waals surface area contributed by atoms with E-state index in [1.165, 1.54) is 17.8 Å². The predicted molar refractivity (Wildman–Crippen MR) is 176 cm³/mol. The van der Waals surface area contributed by atoms with E-state index in [9.17, 15) is 9.59 Å². The summed E-state index contributed by atoms with van der Waals surface area (Å²) in [6, 6.07) is 4.00. The Morgan fingerprint density at radius 2 is 1.96 bits per heavy atom. The zero-order chi connectivity index (χ0) is 32.5. The number of rotatable bonds is 9. The zero-order valence-corrected chi connectivity index (χ0v) is 29.4. The number of thioether (sulfide) groups is 1. The maximum Gasteiger partial charge on any atom is 0.472 e. The number of hydrogen-bond donors (Lipinski definition) is 1. The highest BCUT2D eigenvalue weighted by Crippen LogP contribution is 2.66. The number of anilines is 1. The van der Waals surface area contributed by atoms with Gasteiger partial charge in [0.15, 0.2) is 10.1 Å². The normalized spacial score (nSPS) is 27.7. The summed E-state index contributed by atoms with van der Waals surface area (Å²) < 4.78 is 25.5. The number of amides is 1. The number of nitrogens with zero attached hydrogens (tertiary/aromatic N) is 3. The summed E-state index contributed by atoms with van der Waals surface area (Å²) in [5.74, 6) is 1.68. The second kappa shape index (κ2) is 11.7. The highest BCUT2D eigenvalue weighted by molar-refractivity contribution is 8.02. The standard InChI is InChI=1S/C32H45BN4O6S2/c1-17-19(10-11-22(40-9)26(17)18(2)38)12-25(33-42-24-14-20-13-23(31(20,6)7)32(24,8)43-33)44-28-36-35-27(45-28)34-21-15-37(16-21)29(39)41-30(3,4)5/h10-11,20-21,23-25H,12-16H2,1-9H3,(H,34,35)/t20?,23?,24?,25-,32-/m0/s1. The second-order valence-electron chi connectivity index (χ2n) is 14.8. The monoisotopic (exact) mass is 656 g/mol. The molecule has 5 atom stereocenters. The van der Waals surface area contributed by atoms with Crippen LogP contribution in [0.1, 0.15) is 82.8 Å². The van der Waals surface area contributed by atoms with Gasteiger partial charge in [-0.25, -0.2) is 4.79 Å². The summed E-state index contributed by atoms with van der Waals surface area (Å²) in [6.07, 6.45) is 2.58. The molecule has 1 amide bonds. The Hall–Kier alpha value is -2.35. The van der Waals surface area contributed by atoms with Gasteiger partial charge in [-0.2, -0.15) is 0 Å². The Labute approximate surface area is 274 Å². The van der Waals surface area contributed by atoms with Crippen molar-refractivity contribution in [3.05, 3.63) is 28.8 Å². The first kappa shape index (κ1) is 32.6. The SMILES string of the molecule is COc1ccc(C[C@H](Sc2nnc(NC3CN(C(=O)OC(C)(C)C)C3)s2)B2OC3CC4CC(C4(C)C)[C@]3(C)O2)c(C)c1C(C)=O. The van der Waals surface area contributed by atoms with Crippen molar-refractivity contribution in [1.29, 1.82) is 0 Å². The molecular formula is C32H45BN4O6S2. The van der Waals surface area contributed by atoms with Crippen LogP contribution in [0.3, 0.4) is 0 Å². The fraction of sp³-hybridized carbons (Fsp3) is 0.688. The van der Waals surface area contributed by atoms with Crippen LogP contribution in [0.4, 0.5) is 9.93 Å². The first-order valence-corrected chi connectivity index (χ1v) is 17.5. The van der Waals surface area contributed by atoms with Gasteiger partial charge in [0.2, 0.25) is 5.13 Å². The van der Waals surface area contributed by atoms with E-state index in [1.54, 1.807) is 30.7 Å². The minimum absolute atomic E-state index is 0.0228. The van der Waals surface area contributed by atoms with Crippen LogP contribution in [0.15, 0.2) is 16.5 Å². The number of likely N-dealkylation sites (tertiary alicyclic amines) is 1. The van der Waals surface area contributed by atoms with E-state index in [0.29, 0.717) is 47.8 Å². The van der Waals surface area contributed by atoms with Gasteiger partial charge in [-0.05, 0) is 95.2 Å². The molecule has 2 aliphatic heterocycles. The topological polar surface area (TPSA) is 112 Å². The Bertz CT molecular complexity index is 1470. The largest absolute Gasteiger partial charge is 0.496 e. The number of carbonyl (C=O) groups is 2. The van der Waals surface area contributed by atoms with Crippen molar-refractivity contribution in [3.8, 4) is 5.75 Å². The van der Waals surface area contributed by atoms with Crippen LogP contribution in [-0.4, -0.2) is 82.8 Å². The van der Waals surface area contributed by atoms with Gasteiger partial charge < -0.3 is 29.0 Å². The van der Waals surface area contributed by atoms with E-state index in [0.717, 1.165) is 21.9 Å². The average Bonchev–Trinajstić information content (AvgIpc) is 3.52. The number of Topliss-reactive ketones (excluding diaryl/α,β-unsaturated/α-hetero) is 1. The summed E-state index contributed by atoms with van der Waals surface area (Å²) in [5.41, 5.74) is 1.97. The second-order valence-corrected chi connectivity index (χ2v) is 17.2. The van der Waals surface area contributed by atoms with Gasteiger partial charge in [-0.1, -0.05) is 43.0 Å². The molecule has 1 aromatic carbocycles. The summed E-state index contributed by atoms with van der Waals surface area (Å²) in [4.78, 5) is 26.6. The molecule has 2 aromatic rings. The van der Waals surface area contributed by atoms with Crippen LogP contribution in [-0.2, 0) is 20.5 Å². The molecule has 13 heteroatoms. The summed E-state index contributed by atoms with van der Waals surface area (Å²) in [6.45, 7) is 17.2. The fourth-order valence-electron chi connectivity index (χ4n) is 7.69. The number of benzene rings is 1. The minimum Gasteiger partial charge on any atom is -0.496 e. The summed E-state index contributed by atoms with van der Waals surface area (Å²) in [7, 11) is 1.16. The number of ketones is 1. The molecule has 3 aliphatic carbocycles. The summed E-state index contributed by atoms with van der Waals surface area (Å²) >= 11 is 3.10. The Morgan fingerprint density at radius 3 is 2.60 bits per heavy atom. The third-order valence-electron chi connectivity index (χ3n) is 10.3. The van der Waals surface area contributed by atoms with Gasteiger partial charge in [0.05, 0.1) is 35.6 Å². The lowest BCUT2D eigenvalue weighted by atomic mass is 9.43. The zero-order valence-electron chi connectivity index (χ0n) is 27.8. The number of hydrogen-bond acceptors (Lipinski definition) is 11. The highest BCUT2D eigenvalue weighted by Gasteiger charge is 2.68. The van der Waals surface area contributed by atoms with Crippen LogP contribution >= 0.6 is 23.1 Å². The molecule has 0 radical (unpaired) electrons. The first-order chi connectivity index (χ1) is 21.1. The van der Waals surface area contributed by atoms with E-state index in [1.807, 2.05) is 39.8 Å². The first-order valence-electron chi connectivity index (χ1n) is 15.8. The number of nitrogens with one attached hydrogen (secondary N) is 1. The maximum atomic E-state index is 12.6. The van der Waals surface area contributed by atoms with Crippen molar-refractivity contribution >= 4 is 47.2 Å². The Balaban J connectivity index is 1.19. The van der Waals surface area contributed by atoms with Crippen molar-refractivity contribution in [2.24, 2.45) is 17.3 Å². The molecular weight excluding hydrogens is 611 g/mol. The van der Waals surface area contributed by atoms with Gasteiger partial charge in [-0.3, -0.25) is 4.79 Å². The third kappa shape index (κ3) is 6.10. The molecule has 5 fully saturated rings. The number of ether oxygens (including phenoxy) is 2. The molecule has 244 valence electrons. The number of methoxy groups -OCH3 is 1. The molecule has 1 aromatic heterocycles. The van der Waals surface area contributed by atoms with Crippen LogP contribution in [0.5, 0.6) is 5.75 Å². The van der Waals surface area contributed by atoms with Crippen LogP contribution < -0.4 is 10.1 Å². The van der Waals surface area contributed by atoms with Gasteiger partial charge >= 0.3 is 13.2 Å². The average molecular weight is 657 g/mol. The predicted octanol–water partition coefficient (Wildman–Crippen LogP) is 6.06. The lowest BCUT2D eigenvalue weighted by Gasteiger charge is -2.64. The van der Waals surface area contributed by atoms with Gasteiger partial charge in [0.25, 0.3) is 0 Å². The molecule has 2 bridgehead atoms. The van der Waals surface area contributed by atoms with E-state index in [4.69, 9.17) is 18.8 Å². The molecule has 2 saturated heterocycles. The van der Waals surface area contributed by atoms with Crippen molar-refractivity contribution in [2.75, 3.05) is 25.5 Å². The quantitative estimate of drug-likeness (QED) is 0.194. The minimum atomic E-state index is -0.520. The van der Waals surface area contributed by atoms with E-state index in [-0.39, 0.29) is 40.2 Å². The molecule has 45 heavy (non-hydrogen) atoms. The number of aromatic nitrogens is 2. The van der Waals surface area contributed by atoms with E-state index >= 15 is 0 Å². The van der Waals surface area contributed by atoms with Crippen molar-refractivity contribution in [2.45, 2.75) is 107 Å². The lowest BCUT2D eigenvalue weighted by Crippen LogP contribution is -2.65. The molecule has 10 nitrogen and oxygen atoms in total. The fourth-order valence-corrected chi connectivity index (χ4v) is 9.89. The van der Waals surface area contributed by atoms with Crippen molar-refractivity contribution < 1.29 is 28.4 Å². The van der Waals surface area contributed by atoms with Crippen molar-refractivity contribution in [1.82, 2.24) is 15.1 Å². The van der Waals surface area contributed by atoms with E-state index < -0.39 is 12.7 Å². The van der Waals surface area contributed by atoms with Crippen molar-refractivity contribution in [3.63, 3.8) is 0 Å². The van der Waals surface area contributed by atoms with Gasteiger partial charge in [0, 0.05) is 13.1 Å². The highest BCUT2D eigenvalue weighted by atomic mass is 32.2. The Kier molecular flexibility index (Phi) is 8.49. The molecule has 3 saturated carbocycles. The van der Waals surface area contributed by atoms with Crippen LogP contribution in [0, 0.1) is 24.2 Å². The van der Waals surface area contributed by atoms with Gasteiger partial charge in [-0.15, -0.1) is 10.2 Å². The smallest absolute Gasteiger partial charge is 0.472 e. The molecule has 5 aliphatic rings. The van der Waals surface area contributed by atoms with Crippen LogP contribution in [0.2, 0.25) is 0 Å².